The second-order valence-corrected chi connectivity index (χ2v) is 6.74. The molecule has 0 aromatic heterocycles. The van der Waals surface area contributed by atoms with Gasteiger partial charge in [0.25, 0.3) is 0 Å². The fourth-order valence-electron chi connectivity index (χ4n) is 3.47. The number of hydrogen-bond acceptors (Lipinski definition) is 3. The van der Waals surface area contributed by atoms with Crippen LogP contribution in [0.4, 0.5) is 18.9 Å². The maximum absolute atomic E-state index is 12.4. The summed E-state index contributed by atoms with van der Waals surface area (Å²) in [4.78, 5) is 12.4. The van der Waals surface area contributed by atoms with Crippen molar-refractivity contribution < 1.29 is 22.7 Å². The number of amides is 1. The van der Waals surface area contributed by atoms with Crippen LogP contribution in [0.1, 0.15) is 24.8 Å². The minimum atomic E-state index is -4.37. The zero-order valence-corrected chi connectivity index (χ0v) is 14.7. The summed E-state index contributed by atoms with van der Waals surface area (Å²) < 4.78 is 41.4. The molecule has 1 heterocycles. The Morgan fingerprint density at radius 3 is 2.64 bits per heavy atom. The van der Waals surface area contributed by atoms with Gasteiger partial charge in [-0.2, -0.15) is 13.2 Å². The standard InChI is InChI=1S/C17H21F3N2O2.ClH/c1-11-8-12(2-3-14(11)24-10-17(18,19)20)22-15(23)13-9-16(13)4-6-21-7-5-16;/h2-3,8,13,21H,4-7,9-10H2,1H3,(H,22,23);1H. The Bertz CT molecular complexity index is 631. The lowest BCUT2D eigenvalue weighted by Gasteiger charge is -2.23. The highest BCUT2D eigenvalue weighted by atomic mass is 35.5. The maximum Gasteiger partial charge on any atom is 0.422 e. The van der Waals surface area contributed by atoms with Gasteiger partial charge in [-0.3, -0.25) is 4.79 Å². The Morgan fingerprint density at radius 2 is 2.04 bits per heavy atom. The highest BCUT2D eigenvalue weighted by Crippen LogP contribution is 2.58. The highest BCUT2D eigenvalue weighted by molar-refractivity contribution is 5.95. The number of carbonyl (C=O) groups excluding carboxylic acids is 1. The molecule has 1 unspecified atom stereocenters. The van der Waals surface area contributed by atoms with Crippen LogP contribution in [0.3, 0.4) is 0 Å². The summed E-state index contributed by atoms with van der Waals surface area (Å²) in [5, 5.41) is 6.18. The van der Waals surface area contributed by atoms with Crippen molar-refractivity contribution in [1.82, 2.24) is 5.32 Å². The molecule has 0 radical (unpaired) electrons. The molecule has 1 aliphatic heterocycles. The molecule has 2 fully saturated rings. The lowest BCUT2D eigenvalue weighted by atomic mass is 9.92. The second kappa shape index (κ2) is 7.41. The van der Waals surface area contributed by atoms with Gasteiger partial charge in [-0.05, 0) is 68.5 Å². The van der Waals surface area contributed by atoms with Gasteiger partial charge >= 0.3 is 6.18 Å². The fraction of sp³-hybridized carbons (Fsp3) is 0.588. The number of carbonyl (C=O) groups is 1. The fourth-order valence-corrected chi connectivity index (χ4v) is 3.47. The van der Waals surface area contributed by atoms with Crippen LogP contribution in [0.25, 0.3) is 0 Å². The molecule has 0 bridgehead atoms. The number of aryl methyl sites for hydroxylation is 1. The Kier molecular flexibility index (Phi) is 5.89. The summed E-state index contributed by atoms with van der Waals surface area (Å²) in [5.74, 6) is 0.216. The third kappa shape index (κ3) is 4.79. The van der Waals surface area contributed by atoms with Crippen LogP contribution in [-0.2, 0) is 4.79 Å². The highest BCUT2D eigenvalue weighted by Gasteiger charge is 2.57. The molecule has 2 N–H and O–H groups in total. The Labute approximate surface area is 150 Å². The Balaban J connectivity index is 0.00000225. The first-order valence-corrected chi connectivity index (χ1v) is 8.11. The third-order valence-corrected chi connectivity index (χ3v) is 4.94. The van der Waals surface area contributed by atoms with Gasteiger partial charge in [-0.25, -0.2) is 0 Å². The molecule has 1 amide bonds. The minimum Gasteiger partial charge on any atom is -0.484 e. The van der Waals surface area contributed by atoms with Gasteiger partial charge in [0, 0.05) is 11.6 Å². The molecule has 8 heteroatoms. The molecule has 140 valence electrons. The van der Waals surface area contributed by atoms with E-state index in [1.54, 1.807) is 19.1 Å². The molecule has 3 rings (SSSR count). The van der Waals surface area contributed by atoms with Crippen molar-refractivity contribution in [1.29, 1.82) is 0 Å². The first-order valence-electron chi connectivity index (χ1n) is 8.11. The first-order chi connectivity index (χ1) is 11.3. The van der Waals surface area contributed by atoms with Crippen LogP contribution in [0, 0.1) is 18.3 Å². The number of benzene rings is 1. The van der Waals surface area contributed by atoms with Crippen molar-refractivity contribution in [3.63, 3.8) is 0 Å². The zero-order valence-electron chi connectivity index (χ0n) is 13.9. The second-order valence-electron chi connectivity index (χ2n) is 6.74. The summed E-state index contributed by atoms with van der Waals surface area (Å²) in [5.41, 5.74) is 1.30. The van der Waals surface area contributed by atoms with Crippen LogP contribution in [0.5, 0.6) is 5.75 Å². The lowest BCUT2D eigenvalue weighted by molar-refractivity contribution is -0.153. The summed E-state index contributed by atoms with van der Waals surface area (Å²) in [7, 11) is 0. The van der Waals surface area contributed by atoms with Crippen LogP contribution in [0.2, 0.25) is 0 Å². The minimum absolute atomic E-state index is 0. The van der Waals surface area contributed by atoms with Gasteiger partial charge in [0.1, 0.15) is 5.75 Å². The van der Waals surface area contributed by atoms with E-state index in [9.17, 15) is 18.0 Å². The summed E-state index contributed by atoms with van der Waals surface area (Å²) in [6.45, 7) is 2.24. The van der Waals surface area contributed by atoms with Crippen molar-refractivity contribution in [3.05, 3.63) is 23.8 Å². The number of halogens is 4. The van der Waals surface area contributed by atoms with E-state index in [1.165, 1.54) is 6.07 Å². The van der Waals surface area contributed by atoms with Crippen molar-refractivity contribution in [2.45, 2.75) is 32.4 Å². The number of alkyl halides is 3. The van der Waals surface area contributed by atoms with E-state index in [4.69, 9.17) is 4.74 Å². The molecular formula is C17H22ClF3N2O2. The van der Waals surface area contributed by atoms with E-state index in [2.05, 4.69) is 10.6 Å². The molecule has 1 atom stereocenters. The van der Waals surface area contributed by atoms with Crippen molar-refractivity contribution >= 4 is 24.0 Å². The SMILES string of the molecule is Cc1cc(NC(=O)C2CC23CCNCC3)ccc1OCC(F)(F)F.Cl. The average Bonchev–Trinajstić information content (AvgIpc) is 3.19. The Hall–Kier alpha value is -1.47. The molecule has 1 saturated carbocycles. The van der Waals surface area contributed by atoms with Crippen LogP contribution in [0.15, 0.2) is 18.2 Å². The summed E-state index contributed by atoms with van der Waals surface area (Å²) >= 11 is 0. The first kappa shape index (κ1) is 19.8. The number of anilines is 1. The molecule has 25 heavy (non-hydrogen) atoms. The van der Waals surface area contributed by atoms with Gasteiger partial charge in [0.15, 0.2) is 6.61 Å². The van der Waals surface area contributed by atoms with Crippen molar-refractivity contribution in [2.24, 2.45) is 11.3 Å². The predicted octanol–water partition coefficient (Wildman–Crippen LogP) is 3.69. The van der Waals surface area contributed by atoms with Crippen LogP contribution in [-0.4, -0.2) is 31.8 Å². The normalized spacial score (nSPS) is 21.4. The number of nitrogens with one attached hydrogen (secondary N) is 2. The zero-order chi connectivity index (χ0) is 17.4. The molecule has 1 aromatic rings. The number of rotatable bonds is 4. The van der Waals surface area contributed by atoms with E-state index in [-0.39, 0.29) is 35.4 Å². The summed E-state index contributed by atoms with van der Waals surface area (Å²) in [6, 6.07) is 4.68. The number of hydrogen-bond donors (Lipinski definition) is 2. The number of ether oxygens (including phenoxy) is 1. The number of piperidine rings is 1. The van der Waals surface area contributed by atoms with Gasteiger partial charge in [0.05, 0.1) is 0 Å². The van der Waals surface area contributed by atoms with E-state index in [0.29, 0.717) is 11.3 Å². The lowest BCUT2D eigenvalue weighted by Crippen LogP contribution is -2.31. The molecule has 1 spiro atoms. The maximum atomic E-state index is 12.4. The van der Waals surface area contributed by atoms with E-state index >= 15 is 0 Å². The third-order valence-electron chi connectivity index (χ3n) is 4.94. The smallest absolute Gasteiger partial charge is 0.422 e. The van der Waals surface area contributed by atoms with E-state index < -0.39 is 12.8 Å². The average molecular weight is 379 g/mol. The summed E-state index contributed by atoms with van der Waals surface area (Å²) in [6.07, 6.45) is -1.40. The quantitative estimate of drug-likeness (QED) is 0.840. The molecule has 4 nitrogen and oxygen atoms in total. The molecule has 1 aliphatic carbocycles. The van der Waals surface area contributed by atoms with E-state index in [0.717, 1.165) is 32.4 Å². The molecular weight excluding hydrogens is 357 g/mol. The van der Waals surface area contributed by atoms with Crippen LogP contribution >= 0.6 is 12.4 Å². The van der Waals surface area contributed by atoms with Gasteiger partial charge in [0.2, 0.25) is 5.91 Å². The Morgan fingerprint density at radius 1 is 1.36 bits per heavy atom. The van der Waals surface area contributed by atoms with Gasteiger partial charge in [-0.1, -0.05) is 0 Å². The monoisotopic (exact) mass is 378 g/mol. The van der Waals surface area contributed by atoms with Gasteiger partial charge in [-0.15, -0.1) is 12.4 Å². The van der Waals surface area contributed by atoms with Crippen LogP contribution < -0.4 is 15.4 Å². The topological polar surface area (TPSA) is 50.4 Å². The molecule has 2 aliphatic rings. The molecule has 1 aromatic carbocycles. The molecule has 1 saturated heterocycles. The largest absolute Gasteiger partial charge is 0.484 e. The predicted molar refractivity (Wildman–Crippen MR) is 91.3 cm³/mol. The van der Waals surface area contributed by atoms with E-state index in [1.807, 2.05) is 0 Å². The van der Waals surface area contributed by atoms with Gasteiger partial charge < -0.3 is 15.4 Å². The van der Waals surface area contributed by atoms with Crippen molar-refractivity contribution in [3.8, 4) is 5.75 Å². The van der Waals surface area contributed by atoms with Crippen molar-refractivity contribution in [2.75, 3.05) is 25.0 Å².